The summed E-state index contributed by atoms with van der Waals surface area (Å²) in [5, 5.41) is 0.335. The molecule has 0 saturated heterocycles. The number of esters is 1. The van der Waals surface area contributed by atoms with Crippen LogP contribution in [0, 0.1) is 0 Å². The normalized spacial score (nSPS) is 11.1. The first-order valence-corrected chi connectivity index (χ1v) is 12.1. The lowest BCUT2D eigenvalue weighted by Crippen LogP contribution is -2.20. The summed E-state index contributed by atoms with van der Waals surface area (Å²) < 4.78 is 17.4. The highest BCUT2D eigenvalue weighted by Gasteiger charge is 2.25. The molecule has 0 radical (unpaired) electrons. The van der Waals surface area contributed by atoms with Gasteiger partial charge in [-0.15, -0.1) is 0 Å². The van der Waals surface area contributed by atoms with Crippen molar-refractivity contribution in [2.24, 2.45) is 0 Å². The first kappa shape index (κ1) is 24.1. The van der Waals surface area contributed by atoms with Gasteiger partial charge in [0, 0.05) is 6.07 Å². The lowest BCUT2D eigenvalue weighted by Gasteiger charge is -2.17. The Balaban J connectivity index is 1.43. The molecule has 37 heavy (non-hydrogen) atoms. The first-order valence-electron chi connectivity index (χ1n) is 12.1. The van der Waals surface area contributed by atoms with E-state index in [1.165, 1.54) is 6.26 Å². The number of carbonyl (C=O) groups excluding carboxylic acids is 1. The fourth-order valence-electron chi connectivity index (χ4n) is 4.32. The van der Waals surface area contributed by atoms with Crippen LogP contribution < -0.4 is 14.9 Å². The summed E-state index contributed by atoms with van der Waals surface area (Å²) in [6.07, 6.45) is 1.30. The summed E-state index contributed by atoms with van der Waals surface area (Å²) in [7, 11) is 0. The summed E-state index contributed by atoms with van der Waals surface area (Å²) in [5.74, 6) is 0.209. The van der Waals surface area contributed by atoms with Crippen molar-refractivity contribution in [1.29, 1.82) is 0 Å². The predicted octanol–water partition coefficient (Wildman–Crippen LogP) is 7.45. The van der Waals surface area contributed by atoms with Gasteiger partial charge in [0.15, 0.2) is 0 Å². The Kier molecular flexibility index (Phi) is 6.86. The largest absolute Gasteiger partial charge is 0.460 e. The Morgan fingerprint density at radius 3 is 2.03 bits per heavy atom. The third-order valence-corrected chi connectivity index (χ3v) is 6.20. The Morgan fingerprint density at radius 2 is 1.38 bits per heavy atom. The topological polar surface area (TPSA) is 65.7 Å². The molecule has 0 saturated carbocycles. The standard InChI is InChI=1S/C32H26O5/c1-21(2)25-15-9-10-16-27(25)37-29-20-35-28-19-24(17-18-26(28)31(29)33)36-32(34)30(22-11-5-3-6-12-22)23-13-7-4-8-14-23/h3-21,30H,1-2H3. The summed E-state index contributed by atoms with van der Waals surface area (Å²) >= 11 is 0. The minimum Gasteiger partial charge on any atom is -0.460 e. The van der Waals surface area contributed by atoms with Crippen LogP contribution in [0.3, 0.4) is 0 Å². The van der Waals surface area contributed by atoms with Crippen LogP contribution in [0.5, 0.6) is 17.2 Å². The third-order valence-electron chi connectivity index (χ3n) is 6.20. The van der Waals surface area contributed by atoms with Gasteiger partial charge in [-0.1, -0.05) is 92.7 Å². The average molecular weight is 491 g/mol. The van der Waals surface area contributed by atoms with Crippen molar-refractivity contribution < 1.29 is 18.7 Å². The van der Waals surface area contributed by atoms with Crippen molar-refractivity contribution in [3.63, 3.8) is 0 Å². The molecule has 184 valence electrons. The molecule has 5 heteroatoms. The molecular formula is C32H26O5. The molecule has 1 heterocycles. The molecule has 0 bridgehead atoms. The molecule has 0 aliphatic carbocycles. The van der Waals surface area contributed by atoms with E-state index >= 15 is 0 Å². The van der Waals surface area contributed by atoms with E-state index in [1.54, 1.807) is 18.2 Å². The number of benzene rings is 4. The second-order valence-electron chi connectivity index (χ2n) is 9.06. The van der Waals surface area contributed by atoms with Crippen molar-refractivity contribution in [3.05, 3.63) is 136 Å². The first-order chi connectivity index (χ1) is 18.0. The summed E-state index contributed by atoms with van der Waals surface area (Å²) in [6, 6.07) is 31.3. The molecule has 0 fully saturated rings. The van der Waals surface area contributed by atoms with Crippen LogP contribution in [0.25, 0.3) is 11.0 Å². The second kappa shape index (κ2) is 10.5. The third kappa shape index (κ3) is 5.16. The lowest BCUT2D eigenvalue weighted by atomic mass is 9.91. The molecule has 1 aromatic heterocycles. The number of rotatable bonds is 7. The molecule has 5 nitrogen and oxygen atoms in total. The number of carbonyl (C=O) groups is 1. The van der Waals surface area contributed by atoms with Gasteiger partial charge in [0.05, 0.1) is 5.39 Å². The summed E-state index contributed by atoms with van der Waals surface area (Å²) in [4.78, 5) is 26.5. The highest BCUT2D eigenvalue weighted by Crippen LogP contribution is 2.31. The summed E-state index contributed by atoms with van der Waals surface area (Å²) in [5.41, 5.74) is 2.65. The monoisotopic (exact) mass is 490 g/mol. The Morgan fingerprint density at radius 1 is 0.757 bits per heavy atom. The van der Waals surface area contributed by atoms with E-state index in [1.807, 2.05) is 84.9 Å². The van der Waals surface area contributed by atoms with Crippen molar-refractivity contribution in [2.75, 3.05) is 0 Å². The zero-order valence-corrected chi connectivity index (χ0v) is 20.6. The fourth-order valence-corrected chi connectivity index (χ4v) is 4.32. The Bertz CT molecular complexity index is 1550. The van der Waals surface area contributed by atoms with Gasteiger partial charge >= 0.3 is 5.97 Å². The number of hydrogen-bond acceptors (Lipinski definition) is 5. The maximum Gasteiger partial charge on any atom is 0.323 e. The Labute approximate surface area is 214 Å². The number of para-hydroxylation sites is 1. The van der Waals surface area contributed by atoms with Crippen LogP contribution in [0.2, 0.25) is 0 Å². The van der Waals surface area contributed by atoms with E-state index in [9.17, 15) is 9.59 Å². The van der Waals surface area contributed by atoms with Crippen molar-refractivity contribution in [1.82, 2.24) is 0 Å². The Hall–Kier alpha value is -4.64. The van der Waals surface area contributed by atoms with E-state index < -0.39 is 11.9 Å². The van der Waals surface area contributed by atoms with Gasteiger partial charge in [-0.05, 0) is 40.8 Å². The van der Waals surface area contributed by atoms with Gasteiger partial charge in [0.1, 0.15) is 29.3 Å². The lowest BCUT2D eigenvalue weighted by molar-refractivity contribution is -0.135. The van der Waals surface area contributed by atoms with Gasteiger partial charge in [0.2, 0.25) is 11.2 Å². The molecule has 4 aromatic carbocycles. The van der Waals surface area contributed by atoms with E-state index in [0.29, 0.717) is 16.7 Å². The van der Waals surface area contributed by atoms with E-state index in [0.717, 1.165) is 16.7 Å². The van der Waals surface area contributed by atoms with Crippen LogP contribution in [0.1, 0.15) is 42.4 Å². The quantitative estimate of drug-likeness (QED) is 0.175. The molecule has 5 aromatic rings. The molecule has 0 atom stereocenters. The minimum absolute atomic E-state index is 0.0959. The SMILES string of the molecule is CC(C)c1ccccc1Oc1coc2cc(OC(=O)C(c3ccccc3)c3ccccc3)ccc2c1=O. The van der Waals surface area contributed by atoms with Crippen LogP contribution in [0.4, 0.5) is 0 Å². The highest BCUT2D eigenvalue weighted by molar-refractivity contribution is 5.85. The maximum atomic E-state index is 13.3. The van der Waals surface area contributed by atoms with Crippen LogP contribution >= 0.6 is 0 Å². The zero-order valence-electron chi connectivity index (χ0n) is 20.6. The van der Waals surface area contributed by atoms with Crippen molar-refractivity contribution in [3.8, 4) is 17.2 Å². The van der Waals surface area contributed by atoms with Crippen molar-refractivity contribution in [2.45, 2.75) is 25.7 Å². The smallest absolute Gasteiger partial charge is 0.323 e. The molecule has 0 spiro atoms. The van der Waals surface area contributed by atoms with Gasteiger partial charge < -0.3 is 13.9 Å². The maximum absolute atomic E-state index is 13.3. The van der Waals surface area contributed by atoms with Crippen LogP contribution in [0.15, 0.2) is 119 Å². The molecular weight excluding hydrogens is 464 g/mol. The second-order valence-corrected chi connectivity index (χ2v) is 9.06. The van der Waals surface area contributed by atoms with Crippen molar-refractivity contribution >= 4 is 16.9 Å². The van der Waals surface area contributed by atoms with E-state index in [-0.39, 0.29) is 22.8 Å². The fraction of sp³-hybridized carbons (Fsp3) is 0.125. The number of ether oxygens (including phenoxy) is 2. The molecule has 0 aliphatic heterocycles. The summed E-state index contributed by atoms with van der Waals surface area (Å²) in [6.45, 7) is 4.13. The van der Waals surface area contributed by atoms with Gasteiger partial charge in [-0.25, -0.2) is 0 Å². The van der Waals surface area contributed by atoms with Gasteiger partial charge in [-0.2, -0.15) is 0 Å². The molecule has 0 N–H and O–H groups in total. The highest BCUT2D eigenvalue weighted by atomic mass is 16.5. The number of hydrogen-bond donors (Lipinski definition) is 0. The average Bonchev–Trinajstić information content (AvgIpc) is 2.92. The zero-order chi connectivity index (χ0) is 25.8. The predicted molar refractivity (Wildman–Crippen MR) is 143 cm³/mol. The molecule has 5 rings (SSSR count). The molecule has 0 unspecified atom stereocenters. The van der Waals surface area contributed by atoms with Crippen LogP contribution in [-0.2, 0) is 4.79 Å². The van der Waals surface area contributed by atoms with E-state index in [4.69, 9.17) is 13.9 Å². The van der Waals surface area contributed by atoms with Gasteiger partial charge in [0.25, 0.3) is 0 Å². The molecule has 0 aliphatic rings. The van der Waals surface area contributed by atoms with Crippen LogP contribution in [-0.4, -0.2) is 5.97 Å². The molecule has 0 amide bonds. The number of fused-ring (bicyclic) bond motifs is 1. The minimum atomic E-state index is -0.595. The van der Waals surface area contributed by atoms with Gasteiger partial charge in [-0.3, -0.25) is 9.59 Å². The van der Waals surface area contributed by atoms with E-state index in [2.05, 4.69) is 13.8 Å².